The van der Waals surface area contributed by atoms with Crippen molar-refractivity contribution >= 4 is 53.0 Å². The number of fused-ring (bicyclic) bond motifs is 15. The number of hydrogen-bond donors (Lipinski definition) is 15. The molecule has 18 N–H and O–H groups in total. The Kier molecular flexibility index (Phi) is 18.5. The van der Waals surface area contributed by atoms with Gasteiger partial charge in [0.2, 0.25) is 47.1 Å². The van der Waals surface area contributed by atoms with Gasteiger partial charge in [-0.25, -0.2) is 0 Å². The number of aliphatic hydroxyl groups excluding tert-OH is 2. The number of phenols is 4. The third-order valence-electron chi connectivity index (χ3n) is 14.1. The minimum absolute atomic E-state index is 0.00901. The van der Waals surface area contributed by atoms with E-state index in [1.807, 2.05) is 0 Å². The highest BCUT2D eigenvalue weighted by atomic mass is 35.5. The summed E-state index contributed by atoms with van der Waals surface area (Å²) in [7, 11) is 0. The molecule has 5 aromatic carbocycles. The maximum absolute atomic E-state index is 15.3. The summed E-state index contributed by atoms with van der Waals surface area (Å²) in [6.45, 7) is 0.772. The molecule has 428 valence electrons. The van der Waals surface area contributed by atoms with Crippen LogP contribution in [0, 0.1) is 0 Å². The van der Waals surface area contributed by atoms with Crippen LogP contribution in [0.25, 0.3) is 11.1 Å². The van der Waals surface area contributed by atoms with Crippen LogP contribution < -0.4 is 58.6 Å². The molecule has 8 atom stereocenters. The Hall–Kier alpha value is -8.68. The molecule has 24 nitrogen and oxygen atoms in total. The number of aromatic hydroxyl groups is 4. The van der Waals surface area contributed by atoms with Gasteiger partial charge in [-0.1, -0.05) is 74.4 Å². The number of nitrogens with two attached hydrogens (primary N) is 3. The molecule has 7 amide bonds. The molecule has 0 aliphatic carbocycles. The minimum Gasteiger partial charge on any atom is -0.508 e. The van der Waals surface area contributed by atoms with Gasteiger partial charge in [-0.3, -0.25) is 33.6 Å². The molecule has 25 heteroatoms. The standard InChI is InChI=1S/C56H62ClN9O15/c57-34-20-28-12-16-38(34)81-40-22-29-21-39(50(40)73)80-31-13-9-26(10-14-31)49(72)47-56(79)65-46(53(76)61-18-8-6-4-2-1-3-5-7-17-58)33-23-30(67)24-37(69)42(33)32-19-27(11-15-36(32)68)44(54(77)66-47)64-55(78)45(29)63-51(74)35(25-41(59)70)62-52(75)43(60)48(28)71/h9-16,19-24,35,43-49,67-69,71-73H,1-8,17-18,25,58,60H2,(H2,59,70)(H,61,76)(H,62,75)(H,63,74)(H,64,78)(H,65,79)(H,66,77)/t35-,43+,44+,45+,46-,47-,48+,49+/m0/s1. The largest absolute Gasteiger partial charge is 0.508 e. The summed E-state index contributed by atoms with van der Waals surface area (Å²) in [6, 6.07) is 5.25. The van der Waals surface area contributed by atoms with E-state index in [0.29, 0.717) is 13.0 Å². The lowest BCUT2D eigenvalue weighted by Crippen LogP contribution is -2.56. The van der Waals surface area contributed by atoms with Crippen LogP contribution in [0.1, 0.15) is 116 Å². The SMILES string of the molecule is NCCCCCCCCCCNC(=O)[C@H]1NC(=O)[C@H]2NC(=O)[C@H](NC(=O)[C@@H]3NC(=O)[C@H](CC(N)=O)NC(=O)[C@H](N)[C@H](O)c4ccc(c(Cl)c4)Oc4cc3cc(c4O)Oc3ccc(cc3)[C@H]2O)c2ccc(O)c(c2)-c2c(O)cc(O)cc21. The van der Waals surface area contributed by atoms with E-state index in [4.69, 9.17) is 38.3 Å². The highest BCUT2D eigenvalue weighted by Gasteiger charge is 2.41. The minimum atomic E-state index is -2.05. The first-order valence-electron chi connectivity index (χ1n) is 26.1. The lowest BCUT2D eigenvalue weighted by Gasteiger charge is -2.31. The van der Waals surface area contributed by atoms with E-state index in [-0.39, 0.29) is 62.0 Å². The molecule has 0 unspecified atom stereocenters. The molecule has 0 saturated carbocycles. The summed E-state index contributed by atoms with van der Waals surface area (Å²) in [5, 5.41) is 84.3. The Morgan fingerprint density at radius 2 is 1.21 bits per heavy atom. The molecule has 0 fully saturated rings. The van der Waals surface area contributed by atoms with Crippen molar-refractivity contribution in [3.63, 3.8) is 0 Å². The van der Waals surface area contributed by atoms with Gasteiger partial charge in [-0.2, -0.15) is 0 Å². The van der Waals surface area contributed by atoms with Crippen molar-refractivity contribution in [2.75, 3.05) is 13.1 Å². The zero-order chi connectivity index (χ0) is 58.2. The van der Waals surface area contributed by atoms with Crippen LogP contribution in [0.2, 0.25) is 5.02 Å². The molecule has 5 heterocycles. The Bertz CT molecular complexity index is 3240. The predicted molar refractivity (Wildman–Crippen MR) is 290 cm³/mol. The van der Waals surface area contributed by atoms with Gasteiger partial charge in [-0.05, 0) is 102 Å². The van der Waals surface area contributed by atoms with Crippen LogP contribution in [0.4, 0.5) is 0 Å². The monoisotopic (exact) mass is 1140 g/mol. The molecule has 0 spiro atoms. The first kappa shape index (κ1) is 58.5. The number of aliphatic hydroxyl groups is 2. The number of primary amides is 1. The van der Waals surface area contributed by atoms with Crippen molar-refractivity contribution in [1.29, 1.82) is 0 Å². The van der Waals surface area contributed by atoms with Gasteiger partial charge in [0.15, 0.2) is 11.5 Å². The highest BCUT2D eigenvalue weighted by Crippen LogP contribution is 2.47. The number of carbonyl (C=O) groups is 7. The number of rotatable bonds is 13. The fourth-order valence-corrected chi connectivity index (χ4v) is 9.98. The van der Waals surface area contributed by atoms with Crippen molar-refractivity contribution in [2.24, 2.45) is 17.2 Å². The molecular weight excluding hydrogens is 1070 g/mol. The van der Waals surface area contributed by atoms with Crippen molar-refractivity contribution in [2.45, 2.75) is 106 Å². The van der Waals surface area contributed by atoms with E-state index >= 15 is 9.59 Å². The van der Waals surface area contributed by atoms with Gasteiger partial charge in [0, 0.05) is 23.7 Å². The van der Waals surface area contributed by atoms with Crippen LogP contribution in [0.3, 0.4) is 0 Å². The quantitative estimate of drug-likeness (QED) is 0.0753. The van der Waals surface area contributed by atoms with Crippen molar-refractivity contribution in [3.05, 3.63) is 118 Å². The number of unbranched alkanes of at least 4 members (excludes halogenated alkanes) is 7. The first-order valence-corrected chi connectivity index (χ1v) is 26.5. The topological polar surface area (TPSA) is 410 Å². The fraction of sp³-hybridized carbons (Fsp3) is 0.339. The third kappa shape index (κ3) is 13.5. The van der Waals surface area contributed by atoms with Crippen LogP contribution in [0.15, 0.2) is 84.9 Å². The van der Waals surface area contributed by atoms with E-state index in [2.05, 4.69) is 31.9 Å². The molecule has 11 bridgehead atoms. The Balaban J connectivity index is 1.27. The molecule has 5 aliphatic heterocycles. The lowest BCUT2D eigenvalue weighted by molar-refractivity contribution is -0.137. The van der Waals surface area contributed by atoms with E-state index in [0.717, 1.165) is 75.3 Å². The van der Waals surface area contributed by atoms with Gasteiger partial charge >= 0.3 is 0 Å². The number of amides is 7. The summed E-state index contributed by atoms with van der Waals surface area (Å²) in [5.41, 5.74) is 16.0. The normalized spacial score (nSPS) is 21.9. The second-order valence-electron chi connectivity index (χ2n) is 19.9. The molecule has 0 saturated heterocycles. The summed E-state index contributed by atoms with van der Waals surface area (Å²) in [5.74, 6) is -11.6. The maximum atomic E-state index is 15.3. The number of halogens is 1. The average Bonchev–Trinajstić information content (AvgIpc) is 3.59. The van der Waals surface area contributed by atoms with Gasteiger partial charge in [0.25, 0.3) is 0 Å². The Labute approximate surface area is 468 Å². The summed E-state index contributed by atoms with van der Waals surface area (Å²) in [6.07, 6.45) is 2.62. The molecule has 5 aliphatic rings. The summed E-state index contributed by atoms with van der Waals surface area (Å²) in [4.78, 5) is 100. The molecule has 81 heavy (non-hydrogen) atoms. The highest BCUT2D eigenvalue weighted by molar-refractivity contribution is 6.32. The Morgan fingerprint density at radius 3 is 1.89 bits per heavy atom. The van der Waals surface area contributed by atoms with Gasteiger partial charge < -0.3 is 89.2 Å². The van der Waals surface area contributed by atoms with Gasteiger partial charge in [0.05, 0.1) is 11.4 Å². The number of phenolic OH excluding ortho intramolecular Hbond substituents is 4. The number of nitrogens with one attached hydrogen (secondary N) is 6. The van der Waals surface area contributed by atoms with Crippen LogP contribution in [0.5, 0.6) is 46.0 Å². The summed E-state index contributed by atoms with van der Waals surface area (Å²) >= 11 is 6.63. The number of benzene rings is 5. The van der Waals surface area contributed by atoms with E-state index in [1.54, 1.807) is 0 Å². The first-order chi connectivity index (χ1) is 38.7. The number of carbonyl (C=O) groups excluding carboxylic acids is 7. The molecule has 10 rings (SSSR count). The molecule has 0 radical (unpaired) electrons. The van der Waals surface area contributed by atoms with Gasteiger partial charge in [-0.15, -0.1) is 0 Å². The zero-order valence-electron chi connectivity index (χ0n) is 43.4. The number of hydrogen-bond acceptors (Lipinski definition) is 17. The van der Waals surface area contributed by atoms with Gasteiger partial charge in [0.1, 0.15) is 77.2 Å². The third-order valence-corrected chi connectivity index (χ3v) is 14.4. The van der Waals surface area contributed by atoms with Crippen molar-refractivity contribution in [1.82, 2.24) is 31.9 Å². The van der Waals surface area contributed by atoms with Crippen molar-refractivity contribution < 1.29 is 73.7 Å². The van der Waals surface area contributed by atoms with Crippen LogP contribution in [-0.2, 0) is 33.6 Å². The fourth-order valence-electron chi connectivity index (χ4n) is 9.75. The zero-order valence-corrected chi connectivity index (χ0v) is 44.2. The second-order valence-corrected chi connectivity index (χ2v) is 20.3. The smallest absolute Gasteiger partial charge is 0.248 e. The van der Waals surface area contributed by atoms with Crippen LogP contribution in [-0.4, -0.2) is 103 Å². The van der Waals surface area contributed by atoms with Crippen molar-refractivity contribution in [3.8, 4) is 57.1 Å². The predicted octanol–water partition coefficient (Wildman–Crippen LogP) is 3.06. The number of ether oxygens (including phenoxy) is 2. The summed E-state index contributed by atoms with van der Waals surface area (Å²) < 4.78 is 12.2. The second kappa shape index (κ2) is 25.6. The van der Waals surface area contributed by atoms with E-state index in [9.17, 15) is 54.6 Å². The maximum Gasteiger partial charge on any atom is 0.248 e. The molecular formula is C56H62ClN9O15. The lowest BCUT2D eigenvalue weighted by atomic mass is 9.89. The van der Waals surface area contributed by atoms with E-state index < -0.39 is 131 Å². The molecule has 5 aromatic rings. The van der Waals surface area contributed by atoms with Crippen LogP contribution >= 0.6 is 11.6 Å². The Morgan fingerprint density at radius 1 is 0.593 bits per heavy atom. The average molecular weight is 1140 g/mol. The molecule has 0 aromatic heterocycles. The van der Waals surface area contributed by atoms with E-state index in [1.165, 1.54) is 54.6 Å².